The molecule has 3 aliphatic rings. The van der Waals surface area contributed by atoms with Gasteiger partial charge in [-0.05, 0) is 39.2 Å². The summed E-state index contributed by atoms with van der Waals surface area (Å²) >= 11 is 0. The van der Waals surface area contributed by atoms with Crippen molar-refractivity contribution in [3.63, 3.8) is 0 Å². The molecule has 0 bridgehead atoms. The lowest BCUT2D eigenvalue weighted by Crippen LogP contribution is -2.47. The number of rotatable bonds is 2. The van der Waals surface area contributed by atoms with Crippen LogP contribution in [0.4, 0.5) is 0 Å². The van der Waals surface area contributed by atoms with Crippen molar-refractivity contribution in [3.05, 3.63) is 0 Å². The molecular weight excluding hydrogens is 238 g/mol. The largest absolute Gasteiger partial charge is 0.338 e. The monoisotopic (exact) mass is 265 g/mol. The molecule has 2 heterocycles. The van der Waals surface area contributed by atoms with Crippen LogP contribution in [0, 0.1) is 0 Å². The molecule has 2 aliphatic heterocycles. The molecule has 0 radical (unpaired) electrons. The fourth-order valence-electron chi connectivity index (χ4n) is 4.59. The van der Waals surface area contributed by atoms with E-state index in [9.17, 15) is 4.79 Å². The molecular formula is C15H27N3O. The van der Waals surface area contributed by atoms with Crippen LogP contribution < -0.4 is 5.32 Å². The second-order valence-electron chi connectivity index (χ2n) is 6.47. The third kappa shape index (κ3) is 2.40. The Labute approximate surface area is 116 Å². The van der Waals surface area contributed by atoms with E-state index in [0.29, 0.717) is 18.1 Å². The average molecular weight is 265 g/mol. The van der Waals surface area contributed by atoms with Gasteiger partial charge in [-0.3, -0.25) is 9.69 Å². The summed E-state index contributed by atoms with van der Waals surface area (Å²) in [4.78, 5) is 16.5. The minimum absolute atomic E-state index is 0.270. The van der Waals surface area contributed by atoms with Crippen LogP contribution in [-0.2, 0) is 4.79 Å². The molecule has 4 atom stereocenters. The molecule has 4 nitrogen and oxygen atoms in total. The van der Waals surface area contributed by atoms with Crippen LogP contribution >= 0.6 is 0 Å². The van der Waals surface area contributed by atoms with Crippen LogP contribution in [0.5, 0.6) is 0 Å². The lowest BCUT2D eigenvalue weighted by atomic mass is 9.89. The lowest BCUT2D eigenvalue weighted by molar-refractivity contribution is -0.129. The number of nitrogens with one attached hydrogen (secondary N) is 1. The maximum atomic E-state index is 11.7. The predicted octanol–water partition coefficient (Wildman–Crippen LogP) is 1.21. The Morgan fingerprint density at radius 1 is 1.11 bits per heavy atom. The second kappa shape index (κ2) is 5.41. The van der Waals surface area contributed by atoms with Crippen molar-refractivity contribution >= 4 is 5.91 Å². The highest BCUT2D eigenvalue weighted by Crippen LogP contribution is 2.36. The quantitative estimate of drug-likeness (QED) is 0.815. The summed E-state index contributed by atoms with van der Waals surface area (Å²) in [6.45, 7) is 3.90. The summed E-state index contributed by atoms with van der Waals surface area (Å²) in [6, 6.07) is 2.59. The van der Waals surface area contributed by atoms with E-state index in [4.69, 9.17) is 0 Å². The molecule has 3 rings (SSSR count). The van der Waals surface area contributed by atoms with Gasteiger partial charge in [-0.25, -0.2) is 0 Å². The van der Waals surface area contributed by atoms with Crippen LogP contribution in [0.1, 0.15) is 45.4 Å². The van der Waals surface area contributed by atoms with Crippen molar-refractivity contribution in [2.45, 2.75) is 69.6 Å². The van der Waals surface area contributed by atoms with Crippen molar-refractivity contribution in [2.75, 3.05) is 20.1 Å². The molecule has 3 fully saturated rings. The van der Waals surface area contributed by atoms with E-state index in [1.165, 1.54) is 45.1 Å². The molecule has 0 aromatic rings. The molecule has 2 saturated heterocycles. The summed E-state index contributed by atoms with van der Waals surface area (Å²) < 4.78 is 0. The molecule has 0 spiro atoms. The van der Waals surface area contributed by atoms with Crippen molar-refractivity contribution in [1.82, 2.24) is 15.1 Å². The van der Waals surface area contributed by atoms with E-state index >= 15 is 0 Å². The number of carbonyl (C=O) groups excluding carboxylic acids is 1. The third-order valence-corrected chi connectivity index (χ3v) is 5.55. The van der Waals surface area contributed by atoms with E-state index in [0.717, 1.165) is 12.6 Å². The highest BCUT2D eigenvalue weighted by Gasteiger charge is 2.46. The van der Waals surface area contributed by atoms with Crippen LogP contribution in [-0.4, -0.2) is 60.0 Å². The highest BCUT2D eigenvalue weighted by molar-refractivity contribution is 5.74. The first-order valence-electron chi connectivity index (χ1n) is 7.91. The average Bonchev–Trinajstić information content (AvgIpc) is 2.99. The van der Waals surface area contributed by atoms with Gasteiger partial charge in [0.25, 0.3) is 0 Å². The number of carbonyl (C=O) groups is 1. The lowest BCUT2D eigenvalue weighted by Gasteiger charge is -2.38. The molecule has 1 saturated carbocycles. The zero-order chi connectivity index (χ0) is 13.4. The van der Waals surface area contributed by atoms with Gasteiger partial charge in [0.1, 0.15) is 0 Å². The zero-order valence-electron chi connectivity index (χ0n) is 12.3. The summed E-state index contributed by atoms with van der Waals surface area (Å²) in [7, 11) is 2.09. The normalized spacial score (nSPS) is 39.6. The Morgan fingerprint density at radius 3 is 2.63 bits per heavy atom. The van der Waals surface area contributed by atoms with E-state index < -0.39 is 0 Å². The van der Waals surface area contributed by atoms with Gasteiger partial charge >= 0.3 is 0 Å². The van der Waals surface area contributed by atoms with Crippen molar-refractivity contribution in [3.8, 4) is 0 Å². The number of fused-ring (bicyclic) bond motifs is 1. The Morgan fingerprint density at radius 2 is 1.89 bits per heavy atom. The van der Waals surface area contributed by atoms with Gasteiger partial charge in [-0.1, -0.05) is 6.42 Å². The van der Waals surface area contributed by atoms with Crippen LogP contribution in [0.25, 0.3) is 0 Å². The highest BCUT2D eigenvalue weighted by atomic mass is 16.2. The van der Waals surface area contributed by atoms with Crippen molar-refractivity contribution in [2.24, 2.45) is 0 Å². The molecule has 108 valence electrons. The molecule has 19 heavy (non-hydrogen) atoms. The number of hydrogen-bond acceptors (Lipinski definition) is 3. The molecule has 0 aromatic heterocycles. The van der Waals surface area contributed by atoms with Gasteiger partial charge in [0.15, 0.2) is 0 Å². The first-order valence-corrected chi connectivity index (χ1v) is 7.91. The summed E-state index contributed by atoms with van der Waals surface area (Å²) in [5.41, 5.74) is 0. The van der Waals surface area contributed by atoms with Crippen LogP contribution in [0.15, 0.2) is 0 Å². The smallest absolute Gasteiger partial charge is 0.219 e. The van der Waals surface area contributed by atoms with Gasteiger partial charge in [0.2, 0.25) is 5.91 Å². The molecule has 4 unspecified atom stereocenters. The second-order valence-corrected chi connectivity index (χ2v) is 6.47. The number of amides is 1. The maximum Gasteiger partial charge on any atom is 0.219 e. The Balaban J connectivity index is 1.66. The standard InChI is InChI=1S/C15H27N3O/c1-11(19)17-8-6-15-14(17)7-9-18(15)13-5-3-4-12(10-13)16-2/h12-16H,3-10H2,1-2H3. The minimum Gasteiger partial charge on any atom is -0.338 e. The van der Waals surface area contributed by atoms with Crippen molar-refractivity contribution < 1.29 is 4.79 Å². The van der Waals surface area contributed by atoms with E-state index in [-0.39, 0.29) is 5.91 Å². The molecule has 4 heteroatoms. The van der Waals surface area contributed by atoms with E-state index in [1.54, 1.807) is 6.92 Å². The van der Waals surface area contributed by atoms with Crippen molar-refractivity contribution in [1.29, 1.82) is 0 Å². The first-order chi connectivity index (χ1) is 9.20. The maximum absolute atomic E-state index is 11.7. The Kier molecular flexibility index (Phi) is 3.81. The molecule has 1 aliphatic carbocycles. The van der Waals surface area contributed by atoms with Crippen LogP contribution in [0.3, 0.4) is 0 Å². The van der Waals surface area contributed by atoms with Gasteiger partial charge in [0.05, 0.1) is 0 Å². The first kappa shape index (κ1) is 13.4. The Hall–Kier alpha value is -0.610. The summed E-state index contributed by atoms with van der Waals surface area (Å²) in [5, 5.41) is 3.45. The molecule has 1 N–H and O–H groups in total. The molecule has 0 aromatic carbocycles. The fourth-order valence-corrected chi connectivity index (χ4v) is 4.59. The predicted molar refractivity (Wildman–Crippen MR) is 76.0 cm³/mol. The zero-order valence-corrected chi connectivity index (χ0v) is 12.3. The van der Waals surface area contributed by atoms with Gasteiger partial charge < -0.3 is 10.2 Å². The molecule has 1 amide bonds. The topological polar surface area (TPSA) is 35.6 Å². The van der Waals surface area contributed by atoms with Gasteiger partial charge in [0, 0.05) is 44.2 Å². The third-order valence-electron chi connectivity index (χ3n) is 5.55. The fraction of sp³-hybridized carbons (Fsp3) is 0.933. The summed E-state index contributed by atoms with van der Waals surface area (Å²) in [6.07, 6.45) is 7.69. The number of hydrogen-bond donors (Lipinski definition) is 1. The van der Waals surface area contributed by atoms with E-state index in [1.807, 2.05) is 0 Å². The van der Waals surface area contributed by atoms with E-state index in [2.05, 4.69) is 22.2 Å². The SMILES string of the molecule is CNC1CCCC(N2CCC3C2CCN3C(C)=O)C1. The van der Waals surface area contributed by atoms with Crippen LogP contribution in [0.2, 0.25) is 0 Å². The van der Waals surface area contributed by atoms with Gasteiger partial charge in [-0.2, -0.15) is 0 Å². The summed E-state index contributed by atoms with van der Waals surface area (Å²) in [5.74, 6) is 0.270. The Bertz CT molecular complexity index is 346. The van der Waals surface area contributed by atoms with Gasteiger partial charge in [-0.15, -0.1) is 0 Å². The number of nitrogens with zero attached hydrogens (tertiary/aromatic N) is 2. The number of likely N-dealkylation sites (tertiary alicyclic amines) is 2. The minimum atomic E-state index is 0.270.